The second kappa shape index (κ2) is 4.23. The fourth-order valence-corrected chi connectivity index (χ4v) is 1.98. The molecule has 0 saturated heterocycles. The molecule has 0 radical (unpaired) electrons. The van der Waals surface area contributed by atoms with Crippen molar-refractivity contribution in [2.45, 2.75) is 0 Å². The van der Waals surface area contributed by atoms with Crippen molar-refractivity contribution in [3.05, 3.63) is 46.5 Å². The number of hydrogen-bond acceptors (Lipinski definition) is 5. The molecule has 0 aliphatic rings. The van der Waals surface area contributed by atoms with Crippen LogP contribution < -0.4 is 5.73 Å². The largest absolute Gasteiger partial charge is 0.502 e. The van der Waals surface area contributed by atoms with E-state index in [9.17, 15) is 15.2 Å². The number of nitro benzene ring substituents is 1. The predicted molar refractivity (Wildman–Crippen MR) is 74.3 cm³/mol. The first kappa shape index (κ1) is 12.0. The summed E-state index contributed by atoms with van der Waals surface area (Å²) in [6.45, 7) is 0. The average molecular weight is 270 g/mol. The fraction of sp³-hybridized carbons (Fsp3) is 0. The van der Waals surface area contributed by atoms with Gasteiger partial charge in [0.25, 0.3) is 0 Å². The van der Waals surface area contributed by atoms with Gasteiger partial charge in [-0.05, 0) is 30.3 Å². The van der Waals surface area contributed by atoms with Gasteiger partial charge in [-0.2, -0.15) is 0 Å². The lowest BCUT2D eigenvalue weighted by molar-refractivity contribution is -0.385. The molecule has 3 rings (SSSR count). The molecule has 2 aromatic carbocycles. The van der Waals surface area contributed by atoms with Crippen LogP contribution in [0.5, 0.6) is 5.75 Å². The monoisotopic (exact) mass is 270 g/mol. The molecule has 0 bridgehead atoms. The van der Waals surface area contributed by atoms with Crippen molar-refractivity contribution in [2.24, 2.45) is 0 Å². The molecule has 0 aliphatic carbocycles. The van der Waals surface area contributed by atoms with Gasteiger partial charge in [0.1, 0.15) is 5.82 Å². The third kappa shape index (κ3) is 1.91. The Balaban J connectivity index is 2.15. The zero-order valence-corrected chi connectivity index (χ0v) is 10.2. The minimum atomic E-state index is -0.639. The molecule has 0 spiro atoms. The van der Waals surface area contributed by atoms with Crippen LogP contribution in [0.2, 0.25) is 0 Å². The van der Waals surface area contributed by atoms with E-state index in [0.29, 0.717) is 22.6 Å². The van der Waals surface area contributed by atoms with Gasteiger partial charge in [0.2, 0.25) is 0 Å². The quantitative estimate of drug-likeness (QED) is 0.375. The van der Waals surface area contributed by atoms with Gasteiger partial charge in [-0.15, -0.1) is 0 Å². The maximum atomic E-state index is 10.8. The maximum Gasteiger partial charge on any atom is 0.311 e. The van der Waals surface area contributed by atoms with Gasteiger partial charge in [-0.25, -0.2) is 4.98 Å². The Bertz CT molecular complexity index is 826. The van der Waals surface area contributed by atoms with E-state index in [0.717, 1.165) is 5.52 Å². The molecule has 1 heterocycles. The van der Waals surface area contributed by atoms with Crippen molar-refractivity contribution < 1.29 is 10.0 Å². The van der Waals surface area contributed by atoms with Gasteiger partial charge in [0.15, 0.2) is 5.75 Å². The molecule has 0 amide bonds. The molecule has 3 aromatic rings. The van der Waals surface area contributed by atoms with Crippen LogP contribution in [0.25, 0.3) is 22.4 Å². The number of phenolic OH excluding ortho intramolecular Hbond substituents is 1. The average Bonchev–Trinajstić information content (AvgIpc) is 2.81. The van der Waals surface area contributed by atoms with E-state index in [1.54, 1.807) is 24.3 Å². The molecule has 1 aromatic heterocycles. The summed E-state index contributed by atoms with van der Waals surface area (Å²) in [6, 6.07) is 9.33. The molecule has 100 valence electrons. The van der Waals surface area contributed by atoms with Gasteiger partial charge in [0.05, 0.1) is 16.0 Å². The number of aromatic amines is 1. The van der Waals surface area contributed by atoms with Crippen LogP contribution in [0, 0.1) is 10.1 Å². The number of nitrogens with one attached hydrogen (secondary N) is 1. The van der Waals surface area contributed by atoms with Crippen LogP contribution >= 0.6 is 0 Å². The zero-order chi connectivity index (χ0) is 14.3. The van der Waals surface area contributed by atoms with Crippen molar-refractivity contribution in [1.29, 1.82) is 0 Å². The highest BCUT2D eigenvalue weighted by molar-refractivity contribution is 5.82. The van der Waals surface area contributed by atoms with Crippen LogP contribution in [0.3, 0.4) is 0 Å². The van der Waals surface area contributed by atoms with E-state index in [4.69, 9.17) is 5.73 Å². The number of imidazole rings is 1. The number of anilines is 1. The fourth-order valence-electron chi connectivity index (χ4n) is 1.98. The Labute approximate surface area is 112 Å². The summed E-state index contributed by atoms with van der Waals surface area (Å²) in [5.74, 6) is 0.104. The standard InChI is InChI=1S/C13H10N4O3/c14-8-2-3-9-10(6-8)16-13(15-9)7-1-4-12(18)11(5-7)17(19)20/h1-6,18H,14H2,(H,15,16). The minimum absolute atomic E-state index is 0.359. The Morgan fingerprint density at radius 3 is 2.80 bits per heavy atom. The maximum absolute atomic E-state index is 10.8. The van der Waals surface area contributed by atoms with Crippen molar-refractivity contribution in [3.8, 4) is 17.1 Å². The lowest BCUT2D eigenvalue weighted by Gasteiger charge is -1.99. The van der Waals surface area contributed by atoms with Crippen LogP contribution in [0.15, 0.2) is 36.4 Å². The third-order valence-corrected chi connectivity index (χ3v) is 2.95. The van der Waals surface area contributed by atoms with E-state index in [2.05, 4.69) is 9.97 Å². The number of phenols is 1. The number of hydrogen-bond donors (Lipinski definition) is 3. The van der Waals surface area contributed by atoms with E-state index in [-0.39, 0.29) is 11.4 Å². The first-order chi connectivity index (χ1) is 9.54. The van der Waals surface area contributed by atoms with Crippen LogP contribution in [0.4, 0.5) is 11.4 Å². The summed E-state index contributed by atoms with van der Waals surface area (Å²) in [4.78, 5) is 17.6. The van der Waals surface area contributed by atoms with Gasteiger partial charge < -0.3 is 15.8 Å². The molecule has 7 heteroatoms. The molecule has 0 saturated carbocycles. The van der Waals surface area contributed by atoms with Gasteiger partial charge in [-0.1, -0.05) is 0 Å². The van der Waals surface area contributed by atoms with Crippen LogP contribution in [0.1, 0.15) is 0 Å². The minimum Gasteiger partial charge on any atom is -0.502 e. The first-order valence-corrected chi connectivity index (χ1v) is 5.77. The molecule has 0 aliphatic heterocycles. The van der Waals surface area contributed by atoms with E-state index >= 15 is 0 Å². The van der Waals surface area contributed by atoms with Crippen molar-refractivity contribution >= 4 is 22.4 Å². The molecule has 0 atom stereocenters. The number of benzene rings is 2. The molecule has 0 unspecified atom stereocenters. The number of aromatic nitrogens is 2. The predicted octanol–water partition coefficient (Wildman–Crippen LogP) is 2.43. The number of H-pyrrole nitrogens is 1. The number of nitrogens with two attached hydrogens (primary N) is 1. The zero-order valence-electron chi connectivity index (χ0n) is 10.2. The number of rotatable bonds is 2. The Morgan fingerprint density at radius 1 is 1.25 bits per heavy atom. The summed E-state index contributed by atoms with van der Waals surface area (Å²) in [7, 11) is 0. The third-order valence-electron chi connectivity index (χ3n) is 2.95. The van der Waals surface area contributed by atoms with E-state index in [1.165, 1.54) is 12.1 Å². The molecular formula is C13H10N4O3. The normalized spacial score (nSPS) is 10.8. The topological polar surface area (TPSA) is 118 Å². The van der Waals surface area contributed by atoms with Crippen LogP contribution in [-0.2, 0) is 0 Å². The second-order valence-corrected chi connectivity index (χ2v) is 4.32. The number of nitrogen functional groups attached to an aromatic ring is 1. The molecule has 0 fully saturated rings. The second-order valence-electron chi connectivity index (χ2n) is 4.32. The highest BCUT2D eigenvalue weighted by Crippen LogP contribution is 2.31. The Kier molecular flexibility index (Phi) is 2.53. The van der Waals surface area contributed by atoms with Crippen molar-refractivity contribution in [3.63, 3.8) is 0 Å². The molecule has 20 heavy (non-hydrogen) atoms. The van der Waals surface area contributed by atoms with Crippen molar-refractivity contribution in [2.75, 3.05) is 5.73 Å². The van der Waals surface area contributed by atoms with E-state index < -0.39 is 4.92 Å². The summed E-state index contributed by atoms with van der Waals surface area (Å²) >= 11 is 0. The summed E-state index contributed by atoms with van der Waals surface area (Å²) in [5, 5.41) is 20.3. The number of nitro groups is 1. The van der Waals surface area contributed by atoms with Gasteiger partial charge in [0, 0.05) is 17.3 Å². The Morgan fingerprint density at radius 2 is 2.05 bits per heavy atom. The number of fused-ring (bicyclic) bond motifs is 1. The number of aromatic hydroxyl groups is 1. The highest BCUT2D eigenvalue weighted by Gasteiger charge is 2.16. The smallest absolute Gasteiger partial charge is 0.311 e. The number of nitrogens with zero attached hydrogens (tertiary/aromatic N) is 2. The summed E-state index contributed by atoms with van der Waals surface area (Å²) in [6.07, 6.45) is 0. The molecule has 7 nitrogen and oxygen atoms in total. The van der Waals surface area contributed by atoms with Crippen LogP contribution in [-0.4, -0.2) is 20.0 Å². The summed E-state index contributed by atoms with van der Waals surface area (Å²) in [5.41, 5.74) is 7.90. The van der Waals surface area contributed by atoms with E-state index in [1.807, 2.05) is 0 Å². The Hall–Kier alpha value is -3.09. The summed E-state index contributed by atoms with van der Waals surface area (Å²) < 4.78 is 0. The molecule has 4 N–H and O–H groups in total. The SMILES string of the molecule is Nc1ccc2nc(-c3ccc(O)c([N+](=O)[O-])c3)[nH]c2c1. The highest BCUT2D eigenvalue weighted by atomic mass is 16.6. The van der Waals surface area contributed by atoms with Crippen molar-refractivity contribution in [1.82, 2.24) is 9.97 Å². The van der Waals surface area contributed by atoms with Gasteiger partial charge in [-0.3, -0.25) is 10.1 Å². The van der Waals surface area contributed by atoms with Gasteiger partial charge >= 0.3 is 5.69 Å². The first-order valence-electron chi connectivity index (χ1n) is 5.77. The lowest BCUT2D eigenvalue weighted by atomic mass is 10.2. The molecular weight excluding hydrogens is 260 g/mol. The lowest BCUT2D eigenvalue weighted by Crippen LogP contribution is -1.90.